The van der Waals surface area contributed by atoms with Crippen LogP contribution >= 0.6 is 11.8 Å². The fourth-order valence-electron chi connectivity index (χ4n) is 2.97. The van der Waals surface area contributed by atoms with Gasteiger partial charge in [0.15, 0.2) is 5.17 Å². The zero-order valence-corrected chi connectivity index (χ0v) is 17.5. The van der Waals surface area contributed by atoms with Gasteiger partial charge in [-0.05, 0) is 55.2 Å². The van der Waals surface area contributed by atoms with E-state index in [-0.39, 0.29) is 18.2 Å². The van der Waals surface area contributed by atoms with Crippen LogP contribution in [0.1, 0.15) is 30.0 Å². The van der Waals surface area contributed by atoms with Crippen molar-refractivity contribution in [3.8, 4) is 0 Å². The Kier molecular flexibility index (Phi) is 6.19. The number of rotatable bonds is 5. The average molecular weight is 396 g/mol. The van der Waals surface area contributed by atoms with Crippen molar-refractivity contribution < 1.29 is 9.59 Å². The van der Waals surface area contributed by atoms with Crippen LogP contribution in [0.15, 0.2) is 47.5 Å². The van der Waals surface area contributed by atoms with Gasteiger partial charge in [-0.2, -0.15) is 0 Å². The molecule has 1 aliphatic rings. The standard InChI is InChI=1S/C22H25N3O2S/c1-5-16-9-11-17(12-10-16)23-22-25(4)21(27)19(28-22)13-20(26)24-18-8-6-7-14(2)15(18)3/h6-12,19H,5,13H2,1-4H3,(H,24,26)/t19-/m0/s1. The number of carbonyl (C=O) groups excluding carboxylic acids is 2. The van der Waals surface area contributed by atoms with E-state index in [4.69, 9.17) is 0 Å². The number of nitrogens with one attached hydrogen (secondary N) is 1. The van der Waals surface area contributed by atoms with E-state index in [0.717, 1.165) is 28.9 Å². The summed E-state index contributed by atoms with van der Waals surface area (Å²) in [4.78, 5) is 31.2. The number of aryl methyl sites for hydroxylation is 2. The Balaban J connectivity index is 1.68. The molecular formula is C22H25N3O2S. The second kappa shape index (κ2) is 8.61. The quantitative estimate of drug-likeness (QED) is 0.813. The molecule has 0 spiro atoms. The number of amides is 2. The lowest BCUT2D eigenvalue weighted by Gasteiger charge is -2.12. The predicted octanol–water partition coefficient (Wildman–Crippen LogP) is 4.46. The molecule has 0 unspecified atom stereocenters. The molecule has 1 saturated heterocycles. The van der Waals surface area contributed by atoms with Gasteiger partial charge in [0.05, 0.1) is 5.69 Å². The Morgan fingerprint density at radius 3 is 2.57 bits per heavy atom. The van der Waals surface area contributed by atoms with E-state index in [1.807, 2.05) is 56.3 Å². The lowest BCUT2D eigenvalue weighted by atomic mass is 10.1. The van der Waals surface area contributed by atoms with Gasteiger partial charge in [-0.25, -0.2) is 4.99 Å². The molecule has 5 nitrogen and oxygen atoms in total. The molecule has 0 aliphatic carbocycles. The van der Waals surface area contributed by atoms with Crippen LogP contribution in [-0.4, -0.2) is 34.2 Å². The average Bonchev–Trinajstić information content (AvgIpc) is 2.94. The Morgan fingerprint density at radius 2 is 1.89 bits per heavy atom. The van der Waals surface area contributed by atoms with Crippen LogP contribution < -0.4 is 5.32 Å². The molecule has 1 heterocycles. The van der Waals surface area contributed by atoms with Crippen LogP contribution in [-0.2, 0) is 16.0 Å². The van der Waals surface area contributed by atoms with Gasteiger partial charge in [0, 0.05) is 19.2 Å². The van der Waals surface area contributed by atoms with Crippen LogP contribution in [0, 0.1) is 13.8 Å². The van der Waals surface area contributed by atoms with Gasteiger partial charge >= 0.3 is 0 Å². The van der Waals surface area contributed by atoms with Crippen LogP contribution in [0.3, 0.4) is 0 Å². The minimum atomic E-state index is -0.455. The Morgan fingerprint density at radius 1 is 1.18 bits per heavy atom. The minimum Gasteiger partial charge on any atom is -0.326 e. The highest BCUT2D eigenvalue weighted by Crippen LogP contribution is 2.31. The van der Waals surface area contributed by atoms with E-state index < -0.39 is 5.25 Å². The number of nitrogens with zero attached hydrogens (tertiary/aromatic N) is 2. The molecule has 2 aromatic carbocycles. The van der Waals surface area contributed by atoms with Gasteiger partial charge in [0.2, 0.25) is 11.8 Å². The normalized spacial score (nSPS) is 18.0. The van der Waals surface area contributed by atoms with Crippen molar-refractivity contribution >= 4 is 40.1 Å². The van der Waals surface area contributed by atoms with Gasteiger partial charge in [-0.3, -0.25) is 14.5 Å². The second-order valence-corrected chi connectivity index (χ2v) is 8.09. The molecule has 28 heavy (non-hydrogen) atoms. The van der Waals surface area contributed by atoms with Gasteiger partial charge in [0.25, 0.3) is 0 Å². The van der Waals surface area contributed by atoms with E-state index in [1.165, 1.54) is 22.2 Å². The van der Waals surface area contributed by atoms with E-state index >= 15 is 0 Å². The summed E-state index contributed by atoms with van der Waals surface area (Å²) in [6, 6.07) is 13.8. The highest BCUT2D eigenvalue weighted by molar-refractivity contribution is 8.15. The zero-order valence-electron chi connectivity index (χ0n) is 16.7. The summed E-state index contributed by atoms with van der Waals surface area (Å²) >= 11 is 1.34. The number of aliphatic imine (C=N–C) groups is 1. The highest BCUT2D eigenvalue weighted by Gasteiger charge is 2.37. The van der Waals surface area contributed by atoms with Crippen molar-refractivity contribution in [3.05, 3.63) is 59.2 Å². The molecule has 2 amide bonds. The van der Waals surface area contributed by atoms with Crippen LogP contribution in [0.4, 0.5) is 11.4 Å². The molecule has 2 aromatic rings. The van der Waals surface area contributed by atoms with Crippen molar-refractivity contribution in [1.82, 2.24) is 4.90 Å². The molecule has 1 aliphatic heterocycles. The Hall–Kier alpha value is -2.60. The molecule has 1 fully saturated rings. The van der Waals surface area contributed by atoms with Crippen LogP contribution in [0.5, 0.6) is 0 Å². The molecule has 1 N–H and O–H groups in total. The summed E-state index contributed by atoms with van der Waals surface area (Å²) in [7, 11) is 1.71. The first-order valence-electron chi connectivity index (χ1n) is 9.37. The van der Waals surface area contributed by atoms with Crippen LogP contribution in [0.25, 0.3) is 0 Å². The summed E-state index contributed by atoms with van der Waals surface area (Å²) in [6.07, 6.45) is 1.09. The highest BCUT2D eigenvalue weighted by atomic mass is 32.2. The van der Waals surface area contributed by atoms with Crippen molar-refractivity contribution in [1.29, 1.82) is 0 Å². The first kappa shape index (κ1) is 20.1. The fraction of sp³-hybridized carbons (Fsp3) is 0.318. The van der Waals surface area contributed by atoms with Gasteiger partial charge in [-0.15, -0.1) is 0 Å². The Bertz CT molecular complexity index is 922. The molecule has 6 heteroatoms. The molecule has 0 bridgehead atoms. The van der Waals surface area contributed by atoms with E-state index in [9.17, 15) is 9.59 Å². The topological polar surface area (TPSA) is 61.8 Å². The summed E-state index contributed by atoms with van der Waals surface area (Å²) in [6.45, 7) is 6.09. The number of anilines is 1. The molecular weight excluding hydrogens is 370 g/mol. The number of thioether (sulfide) groups is 1. The summed E-state index contributed by atoms with van der Waals surface area (Å²) in [5, 5.41) is 3.10. The largest absolute Gasteiger partial charge is 0.326 e. The van der Waals surface area contributed by atoms with Gasteiger partial charge < -0.3 is 5.32 Å². The molecule has 0 aromatic heterocycles. The fourth-order valence-corrected chi connectivity index (χ4v) is 4.12. The zero-order chi connectivity index (χ0) is 20.3. The molecule has 0 radical (unpaired) electrons. The third-order valence-electron chi connectivity index (χ3n) is 4.96. The van der Waals surface area contributed by atoms with E-state index in [1.54, 1.807) is 7.05 Å². The maximum atomic E-state index is 12.6. The third kappa shape index (κ3) is 4.44. The first-order valence-corrected chi connectivity index (χ1v) is 10.2. The van der Waals surface area contributed by atoms with Crippen molar-refractivity contribution in [2.45, 2.75) is 38.9 Å². The maximum Gasteiger partial charge on any atom is 0.242 e. The number of hydrogen-bond donors (Lipinski definition) is 1. The molecule has 0 saturated carbocycles. The summed E-state index contributed by atoms with van der Waals surface area (Å²) in [5.41, 5.74) is 5.00. The minimum absolute atomic E-state index is 0.0926. The number of hydrogen-bond acceptors (Lipinski definition) is 4. The van der Waals surface area contributed by atoms with Crippen molar-refractivity contribution in [2.75, 3.05) is 12.4 Å². The summed E-state index contributed by atoms with van der Waals surface area (Å²) < 4.78 is 0. The van der Waals surface area contributed by atoms with Gasteiger partial charge in [-0.1, -0.05) is 43.0 Å². The second-order valence-electron chi connectivity index (χ2n) is 6.92. The maximum absolute atomic E-state index is 12.6. The smallest absolute Gasteiger partial charge is 0.242 e. The van der Waals surface area contributed by atoms with E-state index in [0.29, 0.717) is 5.17 Å². The lowest BCUT2D eigenvalue weighted by molar-refractivity contribution is -0.127. The molecule has 146 valence electrons. The number of amidine groups is 1. The molecule has 3 rings (SSSR count). The SMILES string of the molecule is CCc1ccc(N=C2S[C@@H](CC(=O)Nc3cccc(C)c3C)C(=O)N2C)cc1. The third-order valence-corrected chi connectivity index (χ3v) is 6.19. The van der Waals surface area contributed by atoms with E-state index in [2.05, 4.69) is 17.2 Å². The van der Waals surface area contributed by atoms with Gasteiger partial charge in [0.1, 0.15) is 5.25 Å². The monoisotopic (exact) mass is 395 g/mol. The summed E-state index contributed by atoms with van der Waals surface area (Å²) in [5.74, 6) is -0.258. The lowest BCUT2D eigenvalue weighted by Crippen LogP contribution is -2.30. The van der Waals surface area contributed by atoms with Crippen molar-refractivity contribution in [2.24, 2.45) is 4.99 Å². The number of benzene rings is 2. The molecule has 1 atom stereocenters. The first-order chi connectivity index (χ1) is 13.4. The number of carbonyl (C=O) groups is 2. The predicted molar refractivity (Wildman–Crippen MR) is 116 cm³/mol. The van der Waals surface area contributed by atoms with Crippen molar-refractivity contribution in [3.63, 3.8) is 0 Å². The Labute approximate surface area is 170 Å². The van der Waals surface area contributed by atoms with Crippen LogP contribution in [0.2, 0.25) is 0 Å².